The monoisotopic (exact) mass is 330 g/mol. The van der Waals surface area contributed by atoms with E-state index in [0.717, 1.165) is 28.5 Å². The number of carboxylic acid groups (broad SMARTS) is 1. The maximum Gasteiger partial charge on any atom is 0.317 e. The molecule has 0 bridgehead atoms. The van der Waals surface area contributed by atoms with Crippen molar-refractivity contribution in [2.45, 2.75) is 25.7 Å². The first-order chi connectivity index (χ1) is 10.0. The standard InChI is InChI=1S/C14H19ClN2O3S/c15-12-2-1-11(21-12)3-6-16-14(20)17-7-4-10(5-8-17)9-13(18)19/h1-2,10H,3-9H2,(H,16,20)(H,18,19). The van der Waals surface area contributed by atoms with E-state index >= 15 is 0 Å². The average molecular weight is 331 g/mol. The van der Waals surface area contributed by atoms with Crippen molar-refractivity contribution < 1.29 is 14.7 Å². The van der Waals surface area contributed by atoms with E-state index in [-0.39, 0.29) is 18.4 Å². The average Bonchev–Trinajstić information content (AvgIpc) is 2.84. The van der Waals surface area contributed by atoms with Crippen LogP contribution >= 0.6 is 22.9 Å². The molecule has 0 unspecified atom stereocenters. The second-order valence-electron chi connectivity index (χ2n) is 5.22. The number of amides is 2. The molecule has 1 aromatic rings. The van der Waals surface area contributed by atoms with E-state index in [2.05, 4.69) is 5.32 Å². The van der Waals surface area contributed by atoms with E-state index in [1.165, 1.54) is 11.3 Å². The molecule has 1 aliphatic rings. The third-order valence-corrected chi connectivity index (χ3v) is 4.93. The maximum absolute atomic E-state index is 12.0. The van der Waals surface area contributed by atoms with Crippen LogP contribution in [-0.4, -0.2) is 41.6 Å². The summed E-state index contributed by atoms with van der Waals surface area (Å²) in [6, 6.07) is 3.76. The molecule has 0 aromatic carbocycles. The summed E-state index contributed by atoms with van der Waals surface area (Å²) in [5, 5.41) is 11.7. The SMILES string of the molecule is O=C(O)CC1CCN(C(=O)NCCc2ccc(Cl)s2)CC1. The van der Waals surface area contributed by atoms with Crippen LogP contribution in [0.3, 0.4) is 0 Å². The Morgan fingerprint density at radius 3 is 2.67 bits per heavy atom. The summed E-state index contributed by atoms with van der Waals surface area (Å²) in [7, 11) is 0. The van der Waals surface area contributed by atoms with Crippen molar-refractivity contribution in [2.24, 2.45) is 5.92 Å². The molecule has 0 aliphatic carbocycles. The predicted octanol–water partition coefficient (Wildman–Crippen LogP) is 2.84. The summed E-state index contributed by atoms with van der Waals surface area (Å²) < 4.78 is 0.761. The largest absolute Gasteiger partial charge is 0.481 e. The van der Waals surface area contributed by atoms with E-state index in [1.807, 2.05) is 12.1 Å². The summed E-state index contributed by atoms with van der Waals surface area (Å²) in [6.45, 7) is 1.86. The van der Waals surface area contributed by atoms with Gasteiger partial charge in [-0.2, -0.15) is 0 Å². The molecule has 1 aromatic heterocycles. The Kier molecular flexibility index (Phi) is 5.87. The highest BCUT2D eigenvalue weighted by Gasteiger charge is 2.23. The number of hydrogen-bond acceptors (Lipinski definition) is 3. The molecule has 2 heterocycles. The molecule has 2 rings (SSSR count). The fraction of sp³-hybridized carbons (Fsp3) is 0.571. The molecule has 21 heavy (non-hydrogen) atoms. The molecule has 0 spiro atoms. The molecule has 2 amide bonds. The Morgan fingerprint density at radius 1 is 1.38 bits per heavy atom. The van der Waals surface area contributed by atoms with Crippen molar-refractivity contribution in [3.8, 4) is 0 Å². The Balaban J connectivity index is 1.66. The van der Waals surface area contributed by atoms with E-state index in [0.29, 0.717) is 19.6 Å². The molecule has 1 fully saturated rings. The minimum Gasteiger partial charge on any atom is -0.481 e. The van der Waals surface area contributed by atoms with Gasteiger partial charge in [0.2, 0.25) is 0 Å². The third kappa shape index (κ3) is 5.21. The molecule has 0 atom stereocenters. The van der Waals surface area contributed by atoms with Gasteiger partial charge in [0.1, 0.15) is 0 Å². The minimum atomic E-state index is -0.757. The topological polar surface area (TPSA) is 69.6 Å². The van der Waals surface area contributed by atoms with Crippen LogP contribution in [0.5, 0.6) is 0 Å². The van der Waals surface area contributed by atoms with Gasteiger partial charge >= 0.3 is 12.0 Å². The van der Waals surface area contributed by atoms with Crippen LogP contribution in [0.2, 0.25) is 4.34 Å². The van der Waals surface area contributed by atoms with E-state index in [1.54, 1.807) is 4.90 Å². The fourth-order valence-corrected chi connectivity index (χ4v) is 3.56. The lowest BCUT2D eigenvalue weighted by Gasteiger charge is -2.31. The quantitative estimate of drug-likeness (QED) is 0.872. The summed E-state index contributed by atoms with van der Waals surface area (Å²) in [6.07, 6.45) is 2.51. The number of halogens is 1. The second-order valence-corrected chi connectivity index (χ2v) is 7.02. The predicted molar refractivity (Wildman–Crippen MR) is 83.0 cm³/mol. The number of piperidine rings is 1. The molecule has 116 valence electrons. The molecule has 1 aliphatic heterocycles. The van der Waals surface area contributed by atoms with Gasteiger partial charge in [-0.3, -0.25) is 4.79 Å². The minimum absolute atomic E-state index is 0.0635. The summed E-state index contributed by atoms with van der Waals surface area (Å²) in [5.41, 5.74) is 0. The Hall–Kier alpha value is -1.27. The van der Waals surface area contributed by atoms with Crippen molar-refractivity contribution in [3.05, 3.63) is 21.3 Å². The Morgan fingerprint density at radius 2 is 2.10 bits per heavy atom. The Bertz CT molecular complexity index is 498. The molecule has 2 N–H and O–H groups in total. The molecular weight excluding hydrogens is 312 g/mol. The van der Waals surface area contributed by atoms with Crippen molar-refractivity contribution in [3.63, 3.8) is 0 Å². The fourth-order valence-electron chi connectivity index (χ4n) is 2.48. The van der Waals surface area contributed by atoms with Gasteiger partial charge in [-0.05, 0) is 37.3 Å². The van der Waals surface area contributed by atoms with E-state index in [4.69, 9.17) is 16.7 Å². The smallest absolute Gasteiger partial charge is 0.317 e. The van der Waals surface area contributed by atoms with Crippen LogP contribution in [0.15, 0.2) is 12.1 Å². The zero-order valence-corrected chi connectivity index (χ0v) is 13.3. The number of likely N-dealkylation sites (tertiary alicyclic amines) is 1. The first-order valence-electron chi connectivity index (χ1n) is 7.03. The zero-order chi connectivity index (χ0) is 15.2. The van der Waals surface area contributed by atoms with Crippen LogP contribution in [0, 0.1) is 5.92 Å². The number of carbonyl (C=O) groups excluding carboxylic acids is 1. The number of carboxylic acids is 1. The van der Waals surface area contributed by atoms with Gasteiger partial charge in [0.15, 0.2) is 0 Å². The lowest BCUT2D eigenvalue weighted by Crippen LogP contribution is -2.45. The van der Waals surface area contributed by atoms with Crippen LogP contribution in [0.4, 0.5) is 4.79 Å². The number of nitrogens with one attached hydrogen (secondary N) is 1. The van der Waals surface area contributed by atoms with Crippen molar-refractivity contribution in [1.82, 2.24) is 10.2 Å². The van der Waals surface area contributed by atoms with Crippen LogP contribution in [0.25, 0.3) is 0 Å². The second kappa shape index (κ2) is 7.66. The van der Waals surface area contributed by atoms with Gasteiger partial charge in [0, 0.05) is 30.9 Å². The summed E-state index contributed by atoms with van der Waals surface area (Å²) in [5.74, 6) is -0.563. The van der Waals surface area contributed by atoms with Gasteiger partial charge < -0.3 is 15.3 Å². The van der Waals surface area contributed by atoms with Gasteiger partial charge in [-0.25, -0.2) is 4.79 Å². The molecule has 1 saturated heterocycles. The molecule has 5 nitrogen and oxygen atoms in total. The normalized spacial score (nSPS) is 16.0. The van der Waals surface area contributed by atoms with E-state index in [9.17, 15) is 9.59 Å². The number of hydrogen-bond donors (Lipinski definition) is 2. The van der Waals surface area contributed by atoms with Crippen molar-refractivity contribution >= 4 is 34.9 Å². The van der Waals surface area contributed by atoms with Crippen LogP contribution in [0.1, 0.15) is 24.1 Å². The maximum atomic E-state index is 12.0. The highest BCUT2D eigenvalue weighted by atomic mass is 35.5. The van der Waals surface area contributed by atoms with Crippen molar-refractivity contribution in [1.29, 1.82) is 0 Å². The lowest BCUT2D eigenvalue weighted by atomic mass is 9.94. The molecule has 0 saturated carbocycles. The van der Waals surface area contributed by atoms with Gasteiger partial charge in [0.05, 0.1) is 4.34 Å². The van der Waals surface area contributed by atoms with Crippen molar-refractivity contribution in [2.75, 3.05) is 19.6 Å². The summed E-state index contributed by atoms with van der Waals surface area (Å²) in [4.78, 5) is 25.6. The van der Waals surface area contributed by atoms with Gasteiger partial charge in [-0.15, -0.1) is 11.3 Å². The van der Waals surface area contributed by atoms with Gasteiger partial charge in [0.25, 0.3) is 0 Å². The number of thiophene rings is 1. The third-order valence-electron chi connectivity index (χ3n) is 3.64. The first kappa shape index (κ1) is 16.1. The molecule has 0 radical (unpaired) electrons. The number of carbonyl (C=O) groups is 2. The lowest BCUT2D eigenvalue weighted by molar-refractivity contribution is -0.138. The number of rotatable bonds is 5. The number of aliphatic carboxylic acids is 1. The molecule has 7 heteroatoms. The van der Waals surface area contributed by atoms with Gasteiger partial charge in [-0.1, -0.05) is 11.6 Å². The molecular formula is C14H19ClN2O3S. The first-order valence-corrected chi connectivity index (χ1v) is 8.23. The van der Waals surface area contributed by atoms with Crippen LogP contribution < -0.4 is 5.32 Å². The van der Waals surface area contributed by atoms with Crippen LogP contribution in [-0.2, 0) is 11.2 Å². The Labute approximate surface area is 132 Å². The van der Waals surface area contributed by atoms with E-state index < -0.39 is 5.97 Å². The highest BCUT2D eigenvalue weighted by molar-refractivity contribution is 7.16. The number of urea groups is 1. The zero-order valence-electron chi connectivity index (χ0n) is 11.7. The highest BCUT2D eigenvalue weighted by Crippen LogP contribution is 2.22. The summed E-state index contributed by atoms with van der Waals surface area (Å²) >= 11 is 7.38. The number of nitrogens with zero attached hydrogens (tertiary/aromatic N) is 1.